The molecule has 0 spiro atoms. The summed E-state index contributed by atoms with van der Waals surface area (Å²) in [6.07, 6.45) is 0. The van der Waals surface area contributed by atoms with Gasteiger partial charge in [0.15, 0.2) is 8.07 Å². The Kier molecular flexibility index (Phi) is 9.57. The van der Waals surface area contributed by atoms with Gasteiger partial charge in [-0.2, -0.15) is 5.26 Å². The largest absolute Gasteiger partial charge is 0.307 e. The van der Waals surface area contributed by atoms with Gasteiger partial charge in [-0.05, 0) is 92.5 Å². The fourth-order valence-corrected chi connectivity index (χ4v) is 16.7. The Morgan fingerprint density at radius 3 is 1.01 bits per heavy atom. The predicted molar refractivity (Wildman–Crippen MR) is 303 cm³/mol. The minimum absolute atomic E-state index is 0.646. The number of para-hydroxylation sites is 6. The molecule has 0 saturated carbocycles. The second kappa shape index (κ2) is 16.6. The fourth-order valence-electron chi connectivity index (χ4n) is 12.0. The highest BCUT2D eigenvalue weighted by Crippen LogP contribution is 2.43. The van der Waals surface area contributed by atoms with Crippen molar-refractivity contribution in [3.05, 3.63) is 272 Å². The average Bonchev–Trinajstić information content (AvgIpc) is 4.10. The van der Waals surface area contributed by atoms with Crippen LogP contribution in [-0.2, 0) is 0 Å². The first-order valence-electron chi connectivity index (χ1n) is 24.6. The van der Waals surface area contributed by atoms with Crippen LogP contribution < -0.4 is 20.7 Å². The molecule has 0 N–H and O–H groups in total. The lowest BCUT2D eigenvalue weighted by atomic mass is 10.0. The lowest BCUT2D eigenvalue weighted by Crippen LogP contribution is -2.74. The summed E-state index contributed by atoms with van der Waals surface area (Å²) in [6.45, 7) is 0. The lowest BCUT2D eigenvalue weighted by Gasteiger charge is -2.36. The van der Waals surface area contributed by atoms with Gasteiger partial charge in [0.1, 0.15) is 0 Å². The van der Waals surface area contributed by atoms with Crippen molar-refractivity contribution in [1.82, 2.24) is 13.7 Å². The van der Waals surface area contributed by atoms with Crippen molar-refractivity contribution in [3.8, 4) is 34.3 Å². The molecule has 336 valence electrons. The first kappa shape index (κ1) is 41.5. The van der Waals surface area contributed by atoms with E-state index in [1.54, 1.807) is 0 Å². The number of benzene rings is 11. The molecule has 0 aliphatic heterocycles. The summed E-state index contributed by atoms with van der Waals surface area (Å²) >= 11 is 0. The molecule has 0 bridgehead atoms. The molecule has 0 unspecified atom stereocenters. The molecule has 0 radical (unpaired) electrons. The van der Waals surface area contributed by atoms with Gasteiger partial charge in [-0.1, -0.05) is 206 Å². The quantitative estimate of drug-likeness (QED) is 0.111. The Bertz CT molecular complexity index is 4120. The van der Waals surface area contributed by atoms with Crippen LogP contribution in [0.1, 0.15) is 5.56 Å². The molecule has 3 aromatic heterocycles. The van der Waals surface area contributed by atoms with Gasteiger partial charge in [-0.15, -0.1) is 0 Å². The van der Waals surface area contributed by atoms with Crippen molar-refractivity contribution in [1.29, 1.82) is 5.26 Å². The SMILES string of the molecule is N#Cc1cccc(-c2ccc([Si](c3ccccc3)(c3ccccc3)c3cc(-n4c5ccccc5c5ccccc54)c(-n4c5ccccc5c5ccccc54)c(-n4c5ccccc5c5ccccc54)c3)cc2)c1. The molecule has 11 aromatic carbocycles. The summed E-state index contributed by atoms with van der Waals surface area (Å²) in [5, 5.41) is 22.2. The predicted octanol–water partition coefficient (Wildman–Crippen LogP) is 13.9. The standard InChI is InChI=1S/C67H44N4Si/c68-45-46-20-19-21-48(42-46)47-38-40-51(41-39-47)72(49-22-3-1-4-23-49,50-24-5-2-6-25-50)52-43-65(69-59-32-13-7-26-53(59)54-27-8-14-33-60(54)69)67(71-63-36-17-11-30-57(63)58-31-12-18-37-64(58)71)66(44-52)70-61-34-15-9-28-55(61)56-29-10-16-35-62(56)70/h1-44H. The van der Waals surface area contributed by atoms with Crippen LogP contribution in [-0.4, -0.2) is 21.8 Å². The van der Waals surface area contributed by atoms with Crippen LogP contribution in [0, 0.1) is 11.3 Å². The maximum absolute atomic E-state index is 9.89. The lowest BCUT2D eigenvalue weighted by molar-refractivity contribution is 1.05. The number of hydrogen-bond acceptors (Lipinski definition) is 1. The van der Waals surface area contributed by atoms with Crippen LogP contribution >= 0.6 is 0 Å². The second-order valence-electron chi connectivity index (χ2n) is 18.7. The zero-order valence-corrected chi connectivity index (χ0v) is 40.2. The molecule has 0 aliphatic carbocycles. The van der Waals surface area contributed by atoms with Crippen molar-refractivity contribution in [2.24, 2.45) is 0 Å². The number of rotatable bonds is 8. The van der Waals surface area contributed by atoms with Crippen LogP contribution in [0.2, 0.25) is 0 Å². The van der Waals surface area contributed by atoms with Gasteiger partial charge in [0, 0.05) is 32.3 Å². The maximum Gasteiger partial charge on any atom is 0.179 e. The zero-order valence-electron chi connectivity index (χ0n) is 39.2. The molecular formula is C67H44N4Si. The summed E-state index contributed by atoms with van der Waals surface area (Å²) in [5.74, 6) is 0. The van der Waals surface area contributed by atoms with Crippen LogP contribution in [0.25, 0.3) is 93.6 Å². The molecule has 0 aliphatic rings. The van der Waals surface area contributed by atoms with Gasteiger partial charge < -0.3 is 13.7 Å². The van der Waals surface area contributed by atoms with Crippen LogP contribution in [0.5, 0.6) is 0 Å². The Balaban J connectivity index is 1.23. The first-order valence-corrected chi connectivity index (χ1v) is 26.6. The van der Waals surface area contributed by atoms with Crippen molar-refractivity contribution in [2.45, 2.75) is 0 Å². The molecule has 4 nitrogen and oxygen atoms in total. The van der Waals surface area contributed by atoms with Crippen molar-refractivity contribution in [3.63, 3.8) is 0 Å². The summed E-state index contributed by atoms with van der Waals surface area (Å²) in [7, 11) is -3.30. The van der Waals surface area contributed by atoms with Gasteiger partial charge >= 0.3 is 0 Å². The molecular weight excluding hydrogens is 889 g/mol. The van der Waals surface area contributed by atoms with Crippen molar-refractivity contribution in [2.75, 3.05) is 0 Å². The molecule has 0 amide bonds. The summed E-state index contributed by atoms with van der Waals surface area (Å²) in [6, 6.07) is 101. The van der Waals surface area contributed by atoms with E-state index < -0.39 is 8.07 Å². The van der Waals surface area contributed by atoms with Crippen molar-refractivity contribution >= 4 is 94.2 Å². The van der Waals surface area contributed by atoms with E-state index in [1.807, 2.05) is 18.2 Å². The van der Waals surface area contributed by atoms with Crippen LogP contribution in [0.15, 0.2) is 267 Å². The average molecular weight is 933 g/mol. The van der Waals surface area contributed by atoms with Gasteiger partial charge in [0.25, 0.3) is 0 Å². The topological polar surface area (TPSA) is 38.6 Å². The Hall–Kier alpha value is -9.47. The van der Waals surface area contributed by atoms with Gasteiger partial charge in [-0.25, -0.2) is 0 Å². The second-order valence-corrected chi connectivity index (χ2v) is 22.5. The van der Waals surface area contributed by atoms with E-state index in [-0.39, 0.29) is 0 Å². The first-order chi connectivity index (χ1) is 35.7. The highest BCUT2D eigenvalue weighted by atomic mass is 28.3. The summed E-state index contributed by atoms with van der Waals surface area (Å²) in [4.78, 5) is 0. The van der Waals surface area contributed by atoms with E-state index in [4.69, 9.17) is 0 Å². The van der Waals surface area contributed by atoms with E-state index in [2.05, 4.69) is 268 Å². The molecule has 0 atom stereocenters. The summed E-state index contributed by atoms with van der Waals surface area (Å²) < 4.78 is 7.64. The molecule has 72 heavy (non-hydrogen) atoms. The summed E-state index contributed by atoms with van der Waals surface area (Å²) in [5.41, 5.74) is 12.8. The Labute approximate surface area is 417 Å². The molecule has 5 heteroatoms. The van der Waals surface area contributed by atoms with Gasteiger partial charge in [-0.3, -0.25) is 0 Å². The molecule has 0 saturated heterocycles. The number of aromatic nitrogens is 3. The van der Waals surface area contributed by atoms with Crippen molar-refractivity contribution < 1.29 is 0 Å². The third-order valence-electron chi connectivity index (χ3n) is 15.0. The highest BCUT2D eigenvalue weighted by molar-refractivity contribution is 7.20. The third kappa shape index (κ3) is 6.16. The number of nitriles is 1. The minimum atomic E-state index is -3.30. The van der Waals surface area contributed by atoms with E-state index >= 15 is 0 Å². The number of fused-ring (bicyclic) bond motifs is 9. The number of hydrogen-bond donors (Lipinski definition) is 0. The minimum Gasteiger partial charge on any atom is -0.307 e. The highest BCUT2D eigenvalue weighted by Gasteiger charge is 2.43. The molecule has 14 aromatic rings. The van der Waals surface area contributed by atoms with Crippen LogP contribution in [0.3, 0.4) is 0 Å². The van der Waals surface area contributed by atoms with E-state index in [1.165, 1.54) is 53.1 Å². The van der Waals surface area contributed by atoms with E-state index in [9.17, 15) is 5.26 Å². The monoisotopic (exact) mass is 932 g/mol. The maximum atomic E-state index is 9.89. The molecule has 14 rings (SSSR count). The van der Waals surface area contributed by atoms with E-state index in [0.29, 0.717) is 5.56 Å². The van der Waals surface area contributed by atoms with Crippen LogP contribution in [0.4, 0.5) is 0 Å². The zero-order chi connectivity index (χ0) is 47.8. The Morgan fingerprint density at radius 2 is 0.625 bits per heavy atom. The molecule has 3 heterocycles. The Morgan fingerprint density at radius 1 is 0.278 bits per heavy atom. The fraction of sp³-hybridized carbons (Fsp3) is 0. The van der Waals surface area contributed by atoms with Gasteiger partial charge in [0.2, 0.25) is 0 Å². The smallest absolute Gasteiger partial charge is 0.179 e. The van der Waals surface area contributed by atoms with Gasteiger partial charge in [0.05, 0.1) is 61.8 Å². The number of nitrogens with zero attached hydrogens (tertiary/aromatic N) is 4. The normalized spacial score (nSPS) is 11.9. The molecule has 0 fully saturated rings. The van der Waals surface area contributed by atoms with E-state index in [0.717, 1.165) is 61.3 Å². The third-order valence-corrected chi connectivity index (χ3v) is 19.8.